The third kappa shape index (κ3) is 3.15. The largest absolute Gasteiger partial charge is 0.378 e. The van der Waals surface area contributed by atoms with Crippen LogP contribution in [0, 0.1) is 5.92 Å². The molecule has 7 nitrogen and oxygen atoms in total. The molecule has 130 valence electrons. The van der Waals surface area contributed by atoms with E-state index in [1.807, 2.05) is 30.3 Å². The van der Waals surface area contributed by atoms with Gasteiger partial charge in [-0.15, -0.1) is 0 Å². The Morgan fingerprint density at radius 2 is 2.00 bits per heavy atom. The van der Waals surface area contributed by atoms with E-state index in [1.165, 1.54) is 0 Å². The minimum absolute atomic E-state index is 0.00217. The second-order valence-electron chi connectivity index (χ2n) is 6.34. The molecular weight excluding hydrogens is 320 g/mol. The summed E-state index contributed by atoms with van der Waals surface area (Å²) < 4.78 is 7.04. The first kappa shape index (κ1) is 15.8. The predicted octanol–water partition coefficient (Wildman–Crippen LogP) is 1.37. The normalized spacial score (nSPS) is 20.1. The Hall–Kier alpha value is -2.67. The maximum absolute atomic E-state index is 12.5. The van der Waals surface area contributed by atoms with Crippen molar-refractivity contribution in [2.75, 3.05) is 31.6 Å². The molecule has 4 rings (SSSR count). The molecule has 7 heteroatoms. The minimum Gasteiger partial charge on any atom is -0.378 e. The molecule has 3 heterocycles. The number of carbonyl (C=O) groups is 2. The maximum Gasteiger partial charge on any atom is 0.231 e. The molecule has 2 aliphatic rings. The van der Waals surface area contributed by atoms with Crippen molar-refractivity contribution >= 4 is 17.6 Å². The molecule has 1 fully saturated rings. The molecule has 0 saturated carbocycles. The molecule has 2 aliphatic heterocycles. The van der Waals surface area contributed by atoms with E-state index in [2.05, 4.69) is 10.4 Å². The molecule has 1 atom stereocenters. The number of nitrogens with zero attached hydrogens (tertiary/aromatic N) is 3. The van der Waals surface area contributed by atoms with Gasteiger partial charge in [0.1, 0.15) is 5.82 Å². The van der Waals surface area contributed by atoms with Gasteiger partial charge in [0, 0.05) is 25.1 Å². The summed E-state index contributed by atoms with van der Waals surface area (Å²) in [6.45, 7) is 2.74. The molecule has 2 aromatic rings. The van der Waals surface area contributed by atoms with Crippen LogP contribution in [0.2, 0.25) is 0 Å². The molecule has 25 heavy (non-hydrogen) atoms. The van der Waals surface area contributed by atoms with Gasteiger partial charge in [-0.2, -0.15) is 5.10 Å². The first-order valence-electron chi connectivity index (χ1n) is 8.50. The summed E-state index contributed by atoms with van der Waals surface area (Å²) in [5.74, 6) is 0.187. The quantitative estimate of drug-likeness (QED) is 0.915. The van der Waals surface area contributed by atoms with Gasteiger partial charge >= 0.3 is 0 Å². The van der Waals surface area contributed by atoms with Crippen molar-refractivity contribution in [2.45, 2.75) is 13.0 Å². The van der Waals surface area contributed by atoms with Gasteiger partial charge in [-0.25, -0.2) is 4.68 Å². The third-order valence-corrected chi connectivity index (χ3v) is 4.71. The Labute approximate surface area is 145 Å². The highest BCUT2D eigenvalue weighted by molar-refractivity contribution is 5.98. The first-order valence-corrected chi connectivity index (χ1v) is 8.50. The zero-order valence-corrected chi connectivity index (χ0v) is 13.9. The van der Waals surface area contributed by atoms with Gasteiger partial charge in [0.2, 0.25) is 11.8 Å². The van der Waals surface area contributed by atoms with Gasteiger partial charge in [0.25, 0.3) is 0 Å². The first-order chi connectivity index (χ1) is 12.2. The van der Waals surface area contributed by atoms with E-state index in [1.54, 1.807) is 15.8 Å². The lowest BCUT2D eigenvalue weighted by atomic mass is 10.0. The maximum atomic E-state index is 12.5. The molecule has 2 amide bonds. The van der Waals surface area contributed by atoms with Crippen molar-refractivity contribution in [1.82, 2.24) is 14.7 Å². The third-order valence-electron chi connectivity index (χ3n) is 4.71. The minimum atomic E-state index is -0.397. The Morgan fingerprint density at radius 1 is 1.24 bits per heavy atom. The molecule has 1 saturated heterocycles. The van der Waals surface area contributed by atoms with Crippen LogP contribution in [0.4, 0.5) is 5.82 Å². The van der Waals surface area contributed by atoms with E-state index in [9.17, 15) is 9.59 Å². The summed E-state index contributed by atoms with van der Waals surface area (Å²) in [6.07, 6.45) is 1.96. The SMILES string of the molecule is O=C1Nc2c(-c3ccccc3)cnn2C[C@H]1CC(=O)N1CCOCC1. The summed E-state index contributed by atoms with van der Waals surface area (Å²) in [7, 11) is 0. The fourth-order valence-corrected chi connectivity index (χ4v) is 3.30. The smallest absolute Gasteiger partial charge is 0.231 e. The van der Waals surface area contributed by atoms with E-state index in [-0.39, 0.29) is 18.2 Å². The fourth-order valence-electron chi connectivity index (χ4n) is 3.30. The number of anilines is 1. The Kier molecular flexibility index (Phi) is 4.23. The topological polar surface area (TPSA) is 76.5 Å². The van der Waals surface area contributed by atoms with Gasteiger partial charge in [0.15, 0.2) is 0 Å². The number of ether oxygens (including phenoxy) is 1. The van der Waals surface area contributed by atoms with Crippen LogP contribution in [0.1, 0.15) is 6.42 Å². The average Bonchev–Trinajstić information content (AvgIpc) is 3.06. The summed E-state index contributed by atoms with van der Waals surface area (Å²) in [5.41, 5.74) is 1.90. The number of hydrogen-bond donors (Lipinski definition) is 1. The van der Waals surface area contributed by atoms with Crippen LogP contribution in [0.3, 0.4) is 0 Å². The Morgan fingerprint density at radius 3 is 2.76 bits per heavy atom. The Bertz CT molecular complexity index is 781. The van der Waals surface area contributed by atoms with E-state index in [4.69, 9.17) is 4.74 Å². The van der Waals surface area contributed by atoms with Crippen molar-refractivity contribution in [3.05, 3.63) is 36.5 Å². The number of morpholine rings is 1. The lowest BCUT2D eigenvalue weighted by molar-refractivity contribution is -0.138. The number of hydrogen-bond acceptors (Lipinski definition) is 4. The summed E-state index contributed by atoms with van der Waals surface area (Å²) in [5, 5.41) is 7.33. The Balaban J connectivity index is 1.49. The van der Waals surface area contributed by atoms with E-state index in [0.29, 0.717) is 38.7 Å². The van der Waals surface area contributed by atoms with Gasteiger partial charge in [-0.3, -0.25) is 9.59 Å². The average molecular weight is 340 g/mol. The number of amides is 2. The highest BCUT2D eigenvalue weighted by Gasteiger charge is 2.32. The van der Waals surface area contributed by atoms with Crippen LogP contribution in [-0.2, 0) is 20.9 Å². The zero-order valence-electron chi connectivity index (χ0n) is 13.9. The lowest BCUT2D eigenvalue weighted by Gasteiger charge is -2.29. The van der Waals surface area contributed by atoms with E-state index < -0.39 is 5.92 Å². The van der Waals surface area contributed by atoms with Gasteiger partial charge in [-0.1, -0.05) is 30.3 Å². The van der Waals surface area contributed by atoms with Crippen LogP contribution in [0.25, 0.3) is 11.1 Å². The molecule has 1 aromatic heterocycles. The second-order valence-corrected chi connectivity index (χ2v) is 6.34. The molecule has 0 spiro atoms. The van der Waals surface area contributed by atoms with Gasteiger partial charge in [0.05, 0.1) is 31.9 Å². The molecule has 1 aromatic carbocycles. The standard InChI is InChI=1S/C18H20N4O3/c23-16(21-6-8-25-9-7-21)10-14-12-22-17(20-18(14)24)15(11-19-22)13-4-2-1-3-5-13/h1-5,11,14H,6-10,12H2,(H,20,24)/t14-/m1/s1. The van der Waals surface area contributed by atoms with Crippen molar-refractivity contribution < 1.29 is 14.3 Å². The van der Waals surface area contributed by atoms with Crippen LogP contribution in [-0.4, -0.2) is 52.8 Å². The van der Waals surface area contributed by atoms with E-state index >= 15 is 0 Å². The van der Waals surface area contributed by atoms with Crippen LogP contribution >= 0.6 is 0 Å². The summed E-state index contributed by atoms with van der Waals surface area (Å²) in [4.78, 5) is 26.7. The molecule has 0 bridgehead atoms. The number of carbonyl (C=O) groups excluding carboxylic acids is 2. The molecule has 0 radical (unpaired) electrons. The van der Waals surface area contributed by atoms with Crippen molar-refractivity contribution in [1.29, 1.82) is 0 Å². The molecule has 0 unspecified atom stereocenters. The monoisotopic (exact) mass is 340 g/mol. The van der Waals surface area contributed by atoms with Crippen LogP contribution in [0.15, 0.2) is 36.5 Å². The molecular formula is C18H20N4O3. The van der Waals surface area contributed by atoms with Crippen molar-refractivity contribution in [3.8, 4) is 11.1 Å². The molecule has 0 aliphatic carbocycles. The van der Waals surface area contributed by atoms with Crippen molar-refractivity contribution in [2.24, 2.45) is 5.92 Å². The number of nitrogens with one attached hydrogen (secondary N) is 1. The lowest BCUT2D eigenvalue weighted by Crippen LogP contribution is -2.43. The highest BCUT2D eigenvalue weighted by Crippen LogP contribution is 2.31. The second kappa shape index (κ2) is 6.68. The zero-order chi connectivity index (χ0) is 17.2. The summed E-state index contributed by atoms with van der Waals surface area (Å²) >= 11 is 0. The number of aromatic nitrogens is 2. The fraction of sp³-hybridized carbons (Fsp3) is 0.389. The number of fused-ring (bicyclic) bond motifs is 1. The predicted molar refractivity (Wildman–Crippen MR) is 91.8 cm³/mol. The molecule has 1 N–H and O–H groups in total. The van der Waals surface area contributed by atoms with Gasteiger partial charge < -0.3 is 15.0 Å². The number of rotatable bonds is 3. The number of benzene rings is 1. The van der Waals surface area contributed by atoms with E-state index in [0.717, 1.165) is 11.1 Å². The summed E-state index contributed by atoms with van der Waals surface area (Å²) in [6, 6.07) is 9.82. The van der Waals surface area contributed by atoms with Crippen molar-refractivity contribution in [3.63, 3.8) is 0 Å². The van der Waals surface area contributed by atoms with Gasteiger partial charge in [-0.05, 0) is 5.56 Å². The van der Waals surface area contributed by atoms with Crippen LogP contribution < -0.4 is 5.32 Å². The van der Waals surface area contributed by atoms with Crippen LogP contribution in [0.5, 0.6) is 0 Å². The highest BCUT2D eigenvalue weighted by atomic mass is 16.5.